The van der Waals surface area contributed by atoms with Gasteiger partial charge in [-0.05, 0) is 12.1 Å². The SMILES string of the molecule is NC(=O)c1nc(O)c2cccc(O)c2n1. The first-order valence-corrected chi connectivity index (χ1v) is 4.08. The fourth-order valence-electron chi connectivity index (χ4n) is 1.23. The smallest absolute Gasteiger partial charge is 0.286 e. The maximum Gasteiger partial charge on any atom is 0.286 e. The van der Waals surface area contributed by atoms with E-state index in [-0.39, 0.29) is 28.4 Å². The number of nitrogens with two attached hydrogens (primary N) is 1. The van der Waals surface area contributed by atoms with Crippen molar-refractivity contribution in [3.63, 3.8) is 0 Å². The topological polar surface area (TPSA) is 109 Å². The van der Waals surface area contributed by atoms with Gasteiger partial charge in [-0.25, -0.2) is 4.98 Å². The van der Waals surface area contributed by atoms with Crippen LogP contribution in [0.25, 0.3) is 10.9 Å². The summed E-state index contributed by atoms with van der Waals surface area (Å²) in [6.45, 7) is 0. The van der Waals surface area contributed by atoms with Crippen LogP contribution in [0.2, 0.25) is 0 Å². The fraction of sp³-hybridized carbons (Fsp3) is 0. The molecule has 1 heterocycles. The number of benzene rings is 1. The lowest BCUT2D eigenvalue weighted by Gasteiger charge is -2.02. The minimum atomic E-state index is -0.865. The van der Waals surface area contributed by atoms with Crippen LogP contribution >= 0.6 is 0 Å². The molecular weight excluding hydrogens is 198 g/mol. The summed E-state index contributed by atoms with van der Waals surface area (Å²) in [7, 11) is 0. The molecule has 0 atom stereocenters. The number of primary amides is 1. The molecule has 0 unspecified atom stereocenters. The maximum atomic E-state index is 10.8. The first kappa shape index (κ1) is 9.20. The van der Waals surface area contributed by atoms with Crippen LogP contribution in [-0.4, -0.2) is 26.1 Å². The van der Waals surface area contributed by atoms with Gasteiger partial charge in [0.05, 0.1) is 5.39 Å². The van der Waals surface area contributed by atoms with Crippen LogP contribution < -0.4 is 5.73 Å². The van der Waals surface area contributed by atoms with E-state index in [0.717, 1.165) is 0 Å². The molecule has 6 nitrogen and oxygen atoms in total. The van der Waals surface area contributed by atoms with Gasteiger partial charge in [0.15, 0.2) is 0 Å². The third-order valence-corrected chi connectivity index (χ3v) is 1.91. The van der Waals surface area contributed by atoms with Gasteiger partial charge in [-0.15, -0.1) is 0 Å². The summed E-state index contributed by atoms with van der Waals surface area (Å²) in [5.74, 6) is -1.73. The Morgan fingerprint density at radius 2 is 2.00 bits per heavy atom. The Morgan fingerprint density at radius 3 is 2.67 bits per heavy atom. The van der Waals surface area contributed by atoms with Crippen molar-refractivity contribution in [2.24, 2.45) is 5.73 Å². The molecule has 0 spiro atoms. The average Bonchev–Trinajstić information content (AvgIpc) is 2.19. The van der Waals surface area contributed by atoms with Gasteiger partial charge in [-0.1, -0.05) is 6.07 Å². The Morgan fingerprint density at radius 1 is 1.27 bits per heavy atom. The van der Waals surface area contributed by atoms with E-state index < -0.39 is 5.91 Å². The van der Waals surface area contributed by atoms with Crippen molar-refractivity contribution in [1.82, 2.24) is 9.97 Å². The number of rotatable bonds is 1. The first-order valence-electron chi connectivity index (χ1n) is 4.08. The highest BCUT2D eigenvalue weighted by Crippen LogP contribution is 2.27. The van der Waals surface area contributed by atoms with E-state index in [2.05, 4.69) is 9.97 Å². The normalized spacial score (nSPS) is 10.4. The molecule has 0 aliphatic rings. The number of carbonyl (C=O) groups excluding carboxylic acids is 1. The summed E-state index contributed by atoms with van der Waals surface area (Å²) in [4.78, 5) is 18.1. The summed E-state index contributed by atoms with van der Waals surface area (Å²) in [5.41, 5.74) is 5.06. The third-order valence-electron chi connectivity index (χ3n) is 1.91. The number of nitrogens with zero attached hydrogens (tertiary/aromatic N) is 2. The second-order valence-corrected chi connectivity index (χ2v) is 2.91. The lowest BCUT2D eigenvalue weighted by atomic mass is 10.2. The molecule has 2 aromatic rings. The monoisotopic (exact) mass is 205 g/mol. The number of phenolic OH excluding ortho intramolecular Hbond substituents is 1. The molecule has 1 aromatic heterocycles. The van der Waals surface area contributed by atoms with Crippen LogP contribution in [0.15, 0.2) is 18.2 Å². The van der Waals surface area contributed by atoms with E-state index in [4.69, 9.17) is 5.73 Å². The highest BCUT2D eigenvalue weighted by Gasteiger charge is 2.12. The maximum absolute atomic E-state index is 10.8. The minimum Gasteiger partial charge on any atom is -0.506 e. The second-order valence-electron chi connectivity index (χ2n) is 2.91. The summed E-state index contributed by atoms with van der Waals surface area (Å²) in [5, 5.41) is 19.2. The van der Waals surface area contributed by atoms with Gasteiger partial charge in [-0.3, -0.25) is 4.79 Å². The van der Waals surface area contributed by atoms with Crippen molar-refractivity contribution < 1.29 is 15.0 Å². The quantitative estimate of drug-likeness (QED) is 0.613. The predicted molar refractivity (Wildman–Crippen MR) is 51.4 cm³/mol. The third kappa shape index (κ3) is 1.41. The summed E-state index contributed by atoms with van der Waals surface area (Å²) in [6, 6.07) is 4.44. The number of para-hydroxylation sites is 1. The van der Waals surface area contributed by atoms with E-state index in [1.165, 1.54) is 18.2 Å². The number of amides is 1. The van der Waals surface area contributed by atoms with E-state index in [9.17, 15) is 15.0 Å². The van der Waals surface area contributed by atoms with Crippen molar-refractivity contribution >= 4 is 16.8 Å². The number of hydrogen-bond donors (Lipinski definition) is 3. The second kappa shape index (κ2) is 3.09. The van der Waals surface area contributed by atoms with Crippen LogP contribution in [-0.2, 0) is 0 Å². The van der Waals surface area contributed by atoms with Crippen LogP contribution in [0.4, 0.5) is 0 Å². The summed E-state index contributed by atoms with van der Waals surface area (Å²) >= 11 is 0. The van der Waals surface area contributed by atoms with E-state index in [0.29, 0.717) is 0 Å². The molecule has 4 N–H and O–H groups in total. The number of hydrogen-bond acceptors (Lipinski definition) is 5. The molecule has 76 valence electrons. The van der Waals surface area contributed by atoms with Crippen molar-refractivity contribution in [2.45, 2.75) is 0 Å². The van der Waals surface area contributed by atoms with E-state index >= 15 is 0 Å². The lowest BCUT2D eigenvalue weighted by molar-refractivity contribution is 0.0990. The van der Waals surface area contributed by atoms with Gasteiger partial charge in [-0.2, -0.15) is 4.98 Å². The highest BCUT2D eigenvalue weighted by molar-refractivity contribution is 5.94. The summed E-state index contributed by atoms with van der Waals surface area (Å²) < 4.78 is 0. The van der Waals surface area contributed by atoms with Gasteiger partial charge in [0.1, 0.15) is 11.3 Å². The number of phenols is 1. The molecule has 1 amide bonds. The molecule has 0 fully saturated rings. The number of carbonyl (C=O) groups is 1. The van der Waals surface area contributed by atoms with Gasteiger partial charge in [0, 0.05) is 0 Å². The van der Waals surface area contributed by atoms with Gasteiger partial charge < -0.3 is 15.9 Å². The molecule has 0 bridgehead atoms. The van der Waals surface area contributed by atoms with Crippen molar-refractivity contribution in [3.05, 3.63) is 24.0 Å². The molecule has 6 heteroatoms. The Hall–Kier alpha value is -2.37. The average molecular weight is 205 g/mol. The number of aromatic hydroxyl groups is 2. The summed E-state index contributed by atoms with van der Waals surface area (Å²) in [6.07, 6.45) is 0. The highest BCUT2D eigenvalue weighted by atomic mass is 16.3. The van der Waals surface area contributed by atoms with E-state index in [1.54, 1.807) is 0 Å². The molecular formula is C9H7N3O3. The molecule has 1 aromatic carbocycles. The Bertz CT molecular complexity index is 554. The van der Waals surface area contributed by atoms with Gasteiger partial charge in [0.25, 0.3) is 5.91 Å². The fourth-order valence-corrected chi connectivity index (χ4v) is 1.23. The van der Waals surface area contributed by atoms with Gasteiger partial charge >= 0.3 is 0 Å². The number of fused-ring (bicyclic) bond motifs is 1. The van der Waals surface area contributed by atoms with Crippen LogP contribution in [0.5, 0.6) is 11.6 Å². The molecule has 2 rings (SSSR count). The molecule has 0 aliphatic heterocycles. The Balaban J connectivity index is 2.85. The van der Waals surface area contributed by atoms with Crippen molar-refractivity contribution in [1.29, 1.82) is 0 Å². The minimum absolute atomic E-state index is 0.0961. The molecule has 0 saturated carbocycles. The Labute approximate surface area is 84.0 Å². The number of aromatic nitrogens is 2. The van der Waals surface area contributed by atoms with E-state index in [1.807, 2.05) is 0 Å². The molecule has 0 radical (unpaired) electrons. The van der Waals surface area contributed by atoms with Crippen LogP contribution in [0.1, 0.15) is 10.6 Å². The first-order chi connectivity index (χ1) is 7.09. The largest absolute Gasteiger partial charge is 0.506 e. The zero-order valence-corrected chi connectivity index (χ0v) is 7.51. The van der Waals surface area contributed by atoms with Crippen molar-refractivity contribution in [2.75, 3.05) is 0 Å². The van der Waals surface area contributed by atoms with Gasteiger partial charge in [0.2, 0.25) is 11.7 Å². The molecule has 15 heavy (non-hydrogen) atoms. The van der Waals surface area contributed by atoms with Crippen molar-refractivity contribution in [3.8, 4) is 11.6 Å². The molecule has 0 aliphatic carbocycles. The zero-order chi connectivity index (χ0) is 11.0. The van der Waals surface area contributed by atoms with Crippen LogP contribution in [0.3, 0.4) is 0 Å². The molecule has 0 saturated heterocycles. The lowest BCUT2D eigenvalue weighted by Crippen LogP contribution is -2.15. The zero-order valence-electron chi connectivity index (χ0n) is 7.51. The predicted octanol–water partition coefficient (Wildman–Crippen LogP) is 0.140. The van der Waals surface area contributed by atoms with Crippen LogP contribution in [0, 0.1) is 0 Å². The standard InChI is InChI=1S/C9H7N3O3/c10-7(14)8-11-6-4(9(15)12-8)2-1-3-5(6)13/h1-3,13H,(H2,10,14)(H,11,12,15). The Kier molecular flexibility index (Phi) is 1.89.